The number of hydrogen-bond donors (Lipinski definition) is 1. The van der Waals surface area contributed by atoms with Crippen LogP contribution >= 0.6 is 0 Å². The summed E-state index contributed by atoms with van der Waals surface area (Å²) in [7, 11) is 1.54. The molecule has 0 spiro atoms. The highest BCUT2D eigenvalue weighted by atomic mass is 19.1. The Morgan fingerprint density at radius 2 is 2.09 bits per heavy atom. The summed E-state index contributed by atoms with van der Waals surface area (Å²) in [6.07, 6.45) is 0.927. The Hall–Kier alpha value is -1.66. The summed E-state index contributed by atoms with van der Waals surface area (Å²) in [5, 5.41) is 10.2. The van der Waals surface area contributed by atoms with E-state index in [9.17, 15) is 14.3 Å². The second kappa shape index (κ2) is 7.07. The van der Waals surface area contributed by atoms with Crippen LogP contribution in [0.5, 0.6) is 5.75 Å². The second-order valence-corrected chi connectivity index (χ2v) is 5.76. The molecule has 1 aromatic carbocycles. The van der Waals surface area contributed by atoms with Crippen molar-refractivity contribution in [3.05, 3.63) is 29.6 Å². The van der Waals surface area contributed by atoms with E-state index in [1.165, 1.54) is 6.07 Å². The first-order valence-electron chi connectivity index (χ1n) is 7.31. The molecule has 1 aromatic rings. The second-order valence-electron chi connectivity index (χ2n) is 5.76. The minimum atomic E-state index is -0.866. The van der Waals surface area contributed by atoms with Crippen LogP contribution in [0.2, 0.25) is 0 Å². The quantitative estimate of drug-likeness (QED) is 0.895. The molecule has 0 radical (unpaired) electrons. The number of piperidine rings is 1. The van der Waals surface area contributed by atoms with Crippen LogP contribution in [0.25, 0.3) is 0 Å². The van der Waals surface area contributed by atoms with Crippen molar-refractivity contribution in [2.75, 3.05) is 33.4 Å². The number of hydrogen-bond acceptors (Lipinski definition) is 4. The lowest BCUT2D eigenvalue weighted by Crippen LogP contribution is -2.49. The van der Waals surface area contributed by atoms with Crippen molar-refractivity contribution in [2.45, 2.75) is 25.4 Å². The van der Waals surface area contributed by atoms with Gasteiger partial charge in [0.2, 0.25) is 0 Å². The maximum Gasteiger partial charge on any atom is 0.260 e. The molecule has 0 aromatic heterocycles. The molecule has 2 rings (SSSR count). The highest BCUT2D eigenvalue weighted by molar-refractivity contribution is 5.77. The third-order valence-corrected chi connectivity index (χ3v) is 3.90. The van der Waals surface area contributed by atoms with Crippen molar-refractivity contribution in [1.82, 2.24) is 4.90 Å². The summed E-state index contributed by atoms with van der Waals surface area (Å²) in [4.78, 5) is 13.7. The Labute approximate surface area is 129 Å². The SMILES string of the molecule is COCC1(O)CCN(C(=O)COc2cc(C)ccc2F)CC1. The van der Waals surface area contributed by atoms with E-state index in [1.807, 2.05) is 6.92 Å². The predicted molar refractivity (Wildman–Crippen MR) is 79.3 cm³/mol. The lowest BCUT2D eigenvalue weighted by molar-refractivity contribution is -0.139. The molecule has 0 unspecified atom stereocenters. The Kier molecular flexibility index (Phi) is 5.37. The molecular weight excluding hydrogens is 289 g/mol. The van der Waals surface area contributed by atoms with Gasteiger partial charge < -0.3 is 19.5 Å². The van der Waals surface area contributed by atoms with Crippen LogP contribution in [0.4, 0.5) is 4.39 Å². The number of ether oxygens (including phenoxy) is 2. The fourth-order valence-corrected chi connectivity index (χ4v) is 2.54. The van der Waals surface area contributed by atoms with Crippen LogP contribution < -0.4 is 4.74 Å². The number of amides is 1. The summed E-state index contributed by atoms with van der Waals surface area (Å²) < 4.78 is 23.8. The third-order valence-electron chi connectivity index (χ3n) is 3.90. The first-order chi connectivity index (χ1) is 10.4. The number of rotatable bonds is 5. The number of benzene rings is 1. The molecule has 1 heterocycles. The van der Waals surface area contributed by atoms with Crippen molar-refractivity contribution in [2.24, 2.45) is 0 Å². The van der Waals surface area contributed by atoms with E-state index in [1.54, 1.807) is 24.1 Å². The zero-order valence-corrected chi connectivity index (χ0v) is 13.0. The zero-order chi connectivity index (χ0) is 16.2. The Balaban J connectivity index is 1.85. The van der Waals surface area contributed by atoms with Crippen molar-refractivity contribution in [1.29, 1.82) is 0 Å². The Morgan fingerprint density at radius 1 is 1.41 bits per heavy atom. The average Bonchev–Trinajstić information content (AvgIpc) is 2.48. The van der Waals surface area contributed by atoms with Crippen LogP contribution in [0.3, 0.4) is 0 Å². The molecule has 1 saturated heterocycles. The molecule has 1 fully saturated rings. The zero-order valence-electron chi connectivity index (χ0n) is 13.0. The molecule has 1 amide bonds. The van der Waals surface area contributed by atoms with Crippen LogP contribution in [-0.4, -0.2) is 54.9 Å². The highest BCUT2D eigenvalue weighted by Crippen LogP contribution is 2.23. The van der Waals surface area contributed by atoms with E-state index in [4.69, 9.17) is 9.47 Å². The van der Waals surface area contributed by atoms with E-state index in [0.717, 1.165) is 5.56 Å². The summed E-state index contributed by atoms with van der Waals surface area (Å²) in [5.41, 5.74) is 0.00105. The average molecular weight is 311 g/mol. The summed E-state index contributed by atoms with van der Waals surface area (Å²) in [6, 6.07) is 4.53. The maximum atomic E-state index is 13.6. The Morgan fingerprint density at radius 3 is 2.73 bits per heavy atom. The van der Waals surface area contributed by atoms with E-state index >= 15 is 0 Å². The van der Waals surface area contributed by atoms with Crippen LogP contribution in [0.15, 0.2) is 18.2 Å². The van der Waals surface area contributed by atoms with Crippen molar-refractivity contribution < 1.29 is 23.8 Å². The molecule has 1 aliphatic rings. The van der Waals surface area contributed by atoms with E-state index < -0.39 is 11.4 Å². The molecule has 0 atom stereocenters. The van der Waals surface area contributed by atoms with Gasteiger partial charge >= 0.3 is 0 Å². The standard InChI is InChI=1S/C16H22FNO4/c1-12-3-4-13(17)14(9-12)22-10-15(19)18-7-5-16(20,6-8-18)11-21-2/h3-4,9,20H,5-8,10-11H2,1-2H3. The normalized spacial score (nSPS) is 17.4. The van der Waals surface area contributed by atoms with Gasteiger partial charge in [0.15, 0.2) is 18.2 Å². The van der Waals surface area contributed by atoms with Gasteiger partial charge in [0.1, 0.15) is 0 Å². The maximum absolute atomic E-state index is 13.6. The molecule has 0 bridgehead atoms. The first kappa shape index (κ1) is 16.7. The topological polar surface area (TPSA) is 59.0 Å². The monoisotopic (exact) mass is 311 g/mol. The number of methoxy groups -OCH3 is 1. The van der Waals surface area contributed by atoms with E-state index in [-0.39, 0.29) is 24.9 Å². The minimum absolute atomic E-state index is 0.0845. The number of halogens is 1. The lowest BCUT2D eigenvalue weighted by atomic mass is 9.92. The number of likely N-dealkylation sites (tertiary alicyclic amines) is 1. The van der Waals surface area contributed by atoms with Gasteiger partial charge in [-0.1, -0.05) is 6.07 Å². The number of carbonyl (C=O) groups is 1. The fourth-order valence-electron chi connectivity index (χ4n) is 2.54. The minimum Gasteiger partial charge on any atom is -0.481 e. The van der Waals surface area contributed by atoms with E-state index in [2.05, 4.69) is 0 Å². The number of nitrogens with zero attached hydrogens (tertiary/aromatic N) is 1. The van der Waals surface area contributed by atoms with Gasteiger partial charge in [-0.25, -0.2) is 4.39 Å². The van der Waals surface area contributed by atoms with Crippen molar-refractivity contribution >= 4 is 5.91 Å². The molecule has 6 heteroatoms. The van der Waals surface area contributed by atoms with E-state index in [0.29, 0.717) is 25.9 Å². The fraction of sp³-hybridized carbons (Fsp3) is 0.562. The van der Waals surface area contributed by atoms with Gasteiger partial charge in [0, 0.05) is 20.2 Å². The van der Waals surface area contributed by atoms with Crippen molar-refractivity contribution in [3.8, 4) is 5.75 Å². The van der Waals surface area contributed by atoms with Crippen LogP contribution in [0.1, 0.15) is 18.4 Å². The molecule has 0 saturated carbocycles. The first-order valence-corrected chi connectivity index (χ1v) is 7.31. The molecule has 1 N–H and O–H groups in total. The van der Waals surface area contributed by atoms with Gasteiger partial charge in [0.25, 0.3) is 5.91 Å². The predicted octanol–water partition coefficient (Wildman–Crippen LogP) is 1.51. The third kappa shape index (κ3) is 4.18. The highest BCUT2D eigenvalue weighted by Gasteiger charge is 2.33. The van der Waals surface area contributed by atoms with Gasteiger partial charge in [-0.05, 0) is 37.5 Å². The van der Waals surface area contributed by atoms with Gasteiger partial charge in [-0.15, -0.1) is 0 Å². The van der Waals surface area contributed by atoms with Crippen LogP contribution in [0, 0.1) is 12.7 Å². The van der Waals surface area contributed by atoms with Gasteiger partial charge in [0.05, 0.1) is 12.2 Å². The number of aryl methyl sites for hydroxylation is 1. The lowest BCUT2D eigenvalue weighted by Gasteiger charge is -2.37. The van der Waals surface area contributed by atoms with Crippen molar-refractivity contribution in [3.63, 3.8) is 0 Å². The number of aliphatic hydroxyl groups is 1. The smallest absolute Gasteiger partial charge is 0.260 e. The molecule has 0 aliphatic carbocycles. The molecule has 122 valence electrons. The summed E-state index contributed by atoms with van der Waals surface area (Å²) in [6.45, 7) is 2.77. The molecular formula is C16H22FNO4. The molecule has 22 heavy (non-hydrogen) atoms. The molecule has 1 aliphatic heterocycles. The summed E-state index contributed by atoms with van der Waals surface area (Å²) >= 11 is 0. The molecule has 5 nitrogen and oxygen atoms in total. The summed E-state index contributed by atoms with van der Waals surface area (Å²) in [5.74, 6) is -0.604. The number of carbonyl (C=O) groups excluding carboxylic acids is 1. The largest absolute Gasteiger partial charge is 0.481 e. The van der Waals surface area contributed by atoms with Gasteiger partial charge in [-0.3, -0.25) is 4.79 Å². The van der Waals surface area contributed by atoms with Crippen LogP contribution in [-0.2, 0) is 9.53 Å². The van der Waals surface area contributed by atoms with Gasteiger partial charge in [-0.2, -0.15) is 0 Å². The Bertz CT molecular complexity index is 527.